The van der Waals surface area contributed by atoms with Crippen LogP contribution in [0.4, 0.5) is 0 Å². The molecule has 4 nitrogen and oxygen atoms in total. The molecule has 2 rings (SSSR count). The van der Waals surface area contributed by atoms with E-state index in [1.807, 2.05) is 17.6 Å². The highest BCUT2D eigenvalue weighted by molar-refractivity contribution is 7.09. The number of nitrogens with one attached hydrogen (secondary N) is 1. The molecule has 1 atom stereocenters. The lowest BCUT2D eigenvalue weighted by atomic mass is 10.2. The zero-order valence-electron chi connectivity index (χ0n) is 9.63. The van der Waals surface area contributed by atoms with Gasteiger partial charge in [0.25, 0.3) is 0 Å². The molecule has 0 aliphatic carbocycles. The van der Waals surface area contributed by atoms with E-state index < -0.39 is 0 Å². The molecular formula is C12H15N3OS. The van der Waals surface area contributed by atoms with E-state index in [4.69, 9.17) is 5.11 Å². The molecule has 17 heavy (non-hydrogen) atoms. The Morgan fingerprint density at radius 1 is 1.41 bits per heavy atom. The number of hydrogen-bond acceptors (Lipinski definition) is 5. The molecule has 5 heteroatoms. The van der Waals surface area contributed by atoms with Gasteiger partial charge < -0.3 is 10.4 Å². The third kappa shape index (κ3) is 3.51. The third-order valence-corrected chi connectivity index (χ3v) is 3.45. The van der Waals surface area contributed by atoms with Crippen molar-refractivity contribution >= 4 is 11.3 Å². The predicted molar refractivity (Wildman–Crippen MR) is 68.1 cm³/mol. The van der Waals surface area contributed by atoms with E-state index in [0.717, 1.165) is 17.2 Å². The number of aromatic hydroxyl groups is 1. The van der Waals surface area contributed by atoms with Crippen LogP contribution in [0.2, 0.25) is 0 Å². The monoisotopic (exact) mass is 249 g/mol. The summed E-state index contributed by atoms with van der Waals surface area (Å²) in [4.78, 5) is 8.40. The lowest BCUT2D eigenvalue weighted by molar-refractivity contribution is 0.471. The SMILES string of the molecule is CC(CNCc1ccc(O)cn1)c1nccs1. The minimum atomic E-state index is 0.199. The molecule has 2 aromatic heterocycles. The van der Waals surface area contributed by atoms with E-state index in [1.54, 1.807) is 17.4 Å². The number of rotatable bonds is 5. The van der Waals surface area contributed by atoms with Crippen molar-refractivity contribution in [3.8, 4) is 5.75 Å². The van der Waals surface area contributed by atoms with Crippen molar-refractivity contribution in [2.24, 2.45) is 0 Å². The first-order chi connectivity index (χ1) is 8.25. The topological polar surface area (TPSA) is 58.0 Å². The summed E-state index contributed by atoms with van der Waals surface area (Å²) in [7, 11) is 0. The number of nitrogens with zero attached hydrogens (tertiary/aromatic N) is 2. The molecule has 0 aromatic carbocycles. The average Bonchev–Trinajstić information content (AvgIpc) is 2.85. The van der Waals surface area contributed by atoms with Gasteiger partial charge in [-0.15, -0.1) is 11.3 Å². The summed E-state index contributed by atoms with van der Waals surface area (Å²) in [5.41, 5.74) is 0.925. The highest BCUT2D eigenvalue weighted by Gasteiger charge is 2.07. The summed E-state index contributed by atoms with van der Waals surface area (Å²) in [6, 6.07) is 3.46. The van der Waals surface area contributed by atoms with Crippen LogP contribution in [0, 0.1) is 0 Å². The Balaban J connectivity index is 1.78. The second-order valence-electron chi connectivity index (χ2n) is 3.91. The molecule has 90 valence electrons. The van der Waals surface area contributed by atoms with Crippen molar-refractivity contribution in [2.75, 3.05) is 6.54 Å². The number of thiazole rings is 1. The Morgan fingerprint density at radius 2 is 2.29 bits per heavy atom. The van der Waals surface area contributed by atoms with Crippen molar-refractivity contribution in [3.05, 3.63) is 40.6 Å². The molecule has 2 aromatic rings. The smallest absolute Gasteiger partial charge is 0.133 e. The van der Waals surface area contributed by atoms with Gasteiger partial charge in [0.1, 0.15) is 5.75 Å². The van der Waals surface area contributed by atoms with Gasteiger partial charge in [0.05, 0.1) is 16.9 Å². The zero-order chi connectivity index (χ0) is 12.1. The fourth-order valence-electron chi connectivity index (χ4n) is 1.50. The lowest BCUT2D eigenvalue weighted by Crippen LogP contribution is -2.20. The van der Waals surface area contributed by atoms with E-state index in [2.05, 4.69) is 22.2 Å². The number of hydrogen-bond donors (Lipinski definition) is 2. The second-order valence-corrected chi connectivity index (χ2v) is 4.84. The standard InChI is InChI=1S/C12H15N3OS/c1-9(12-14-4-5-17-12)6-13-7-10-2-3-11(16)8-15-10/h2-5,8-9,13,16H,6-7H2,1H3. The molecule has 2 N–H and O–H groups in total. The minimum Gasteiger partial charge on any atom is -0.506 e. The molecule has 0 aliphatic rings. The lowest BCUT2D eigenvalue weighted by Gasteiger charge is -2.09. The predicted octanol–water partition coefficient (Wildman–Crippen LogP) is 2.14. The Hall–Kier alpha value is -1.46. The number of pyridine rings is 1. The van der Waals surface area contributed by atoms with E-state index in [0.29, 0.717) is 12.5 Å². The molecule has 0 aliphatic heterocycles. The van der Waals surface area contributed by atoms with Crippen molar-refractivity contribution in [1.29, 1.82) is 0 Å². The normalized spacial score (nSPS) is 12.5. The van der Waals surface area contributed by atoms with E-state index >= 15 is 0 Å². The zero-order valence-corrected chi connectivity index (χ0v) is 10.4. The van der Waals surface area contributed by atoms with Crippen LogP contribution in [0.25, 0.3) is 0 Å². The maximum Gasteiger partial charge on any atom is 0.133 e. The highest BCUT2D eigenvalue weighted by atomic mass is 32.1. The highest BCUT2D eigenvalue weighted by Crippen LogP contribution is 2.16. The Labute approximate surface area is 104 Å². The molecule has 0 amide bonds. The van der Waals surface area contributed by atoms with Crippen LogP contribution < -0.4 is 5.32 Å². The summed E-state index contributed by atoms with van der Waals surface area (Å²) in [5.74, 6) is 0.608. The summed E-state index contributed by atoms with van der Waals surface area (Å²) in [6.07, 6.45) is 3.29. The molecule has 0 fully saturated rings. The van der Waals surface area contributed by atoms with Crippen molar-refractivity contribution < 1.29 is 5.11 Å². The van der Waals surface area contributed by atoms with E-state index in [-0.39, 0.29) is 5.75 Å². The molecule has 0 bridgehead atoms. The summed E-state index contributed by atoms with van der Waals surface area (Å²) in [6.45, 7) is 3.72. The fourth-order valence-corrected chi connectivity index (χ4v) is 2.20. The molecule has 0 saturated carbocycles. The first-order valence-electron chi connectivity index (χ1n) is 5.49. The molecule has 2 heterocycles. The van der Waals surface area contributed by atoms with Gasteiger partial charge in [-0.25, -0.2) is 4.98 Å². The number of aromatic nitrogens is 2. The molecular weight excluding hydrogens is 234 g/mol. The van der Waals surface area contributed by atoms with Gasteiger partial charge in [-0.2, -0.15) is 0 Å². The average molecular weight is 249 g/mol. The largest absolute Gasteiger partial charge is 0.506 e. The van der Waals surface area contributed by atoms with Crippen LogP contribution in [-0.2, 0) is 6.54 Å². The van der Waals surface area contributed by atoms with Gasteiger partial charge in [-0.05, 0) is 12.1 Å². The second kappa shape index (κ2) is 5.75. The molecule has 0 spiro atoms. The van der Waals surface area contributed by atoms with E-state index in [1.165, 1.54) is 6.20 Å². The van der Waals surface area contributed by atoms with Gasteiger partial charge in [0.2, 0.25) is 0 Å². The first-order valence-corrected chi connectivity index (χ1v) is 6.37. The first kappa shape index (κ1) is 12.0. The van der Waals surface area contributed by atoms with Gasteiger partial charge in [0.15, 0.2) is 0 Å². The van der Waals surface area contributed by atoms with Gasteiger partial charge in [0, 0.05) is 30.6 Å². The maximum absolute atomic E-state index is 9.11. The Kier molecular flexibility index (Phi) is 4.06. The van der Waals surface area contributed by atoms with Gasteiger partial charge in [-0.1, -0.05) is 6.92 Å². The quantitative estimate of drug-likeness (QED) is 0.852. The minimum absolute atomic E-state index is 0.199. The summed E-state index contributed by atoms with van der Waals surface area (Å²) >= 11 is 1.68. The maximum atomic E-state index is 9.11. The van der Waals surface area contributed by atoms with Crippen LogP contribution in [-0.4, -0.2) is 21.6 Å². The van der Waals surface area contributed by atoms with Crippen LogP contribution in [0.3, 0.4) is 0 Å². The Morgan fingerprint density at radius 3 is 2.94 bits per heavy atom. The van der Waals surface area contributed by atoms with Crippen molar-refractivity contribution in [2.45, 2.75) is 19.4 Å². The van der Waals surface area contributed by atoms with Gasteiger partial charge >= 0.3 is 0 Å². The molecule has 1 unspecified atom stereocenters. The summed E-state index contributed by atoms with van der Waals surface area (Å²) in [5, 5.41) is 15.6. The van der Waals surface area contributed by atoms with Crippen LogP contribution in [0.5, 0.6) is 5.75 Å². The third-order valence-electron chi connectivity index (χ3n) is 2.44. The van der Waals surface area contributed by atoms with Crippen molar-refractivity contribution in [1.82, 2.24) is 15.3 Å². The van der Waals surface area contributed by atoms with Gasteiger partial charge in [-0.3, -0.25) is 4.98 Å². The van der Waals surface area contributed by atoms with Crippen molar-refractivity contribution in [3.63, 3.8) is 0 Å². The Bertz CT molecular complexity index is 441. The van der Waals surface area contributed by atoms with Crippen LogP contribution >= 0.6 is 11.3 Å². The fraction of sp³-hybridized carbons (Fsp3) is 0.333. The molecule has 0 radical (unpaired) electrons. The van der Waals surface area contributed by atoms with Crippen LogP contribution in [0.1, 0.15) is 23.5 Å². The summed E-state index contributed by atoms with van der Waals surface area (Å²) < 4.78 is 0. The molecule has 0 saturated heterocycles. The van der Waals surface area contributed by atoms with Crippen LogP contribution in [0.15, 0.2) is 29.9 Å². The van der Waals surface area contributed by atoms with E-state index in [9.17, 15) is 0 Å².